The largest absolute Gasteiger partial charge is 0.366 e. The van der Waals surface area contributed by atoms with Crippen LogP contribution in [0, 0.1) is 0 Å². The second-order valence-electron chi connectivity index (χ2n) is 5.97. The van der Waals surface area contributed by atoms with Crippen molar-refractivity contribution < 1.29 is 9.26 Å². The van der Waals surface area contributed by atoms with E-state index in [1.807, 2.05) is 18.3 Å². The predicted molar refractivity (Wildman–Crippen MR) is 92.4 cm³/mol. The quantitative estimate of drug-likeness (QED) is 0.908. The predicted octanol–water partition coefficient (Wildman–Crippen LogP) is 2.20. The number of nitrogens with one attached hydrogen (secondary N) is 1. The summed E-state index contributed by atoms with van der Waals surface area (Å²) in [7, 11) is 0. The van der Waals surface area contributed by atoms with Gasteiger partial charge in [0.1, 0.15) is 11.9 Å². The van der Waals surface area contributed by atoms with Gasteiger partial charge in [-0.2, -0.15) is 4.98 Å². The second kappa shape index (κ2) is 7.92. The van der Waals surface area contributed by atoms with Gasteiger partial charge in [0.05, 0.1) is 6.61 Å². The number of ether oxygens (including phenoxy) is 1. The zero-order valence-electron chi connectivity index (χ0n) is 13.5. The Hall–Kier alpha value is -1.70. The summed E-state index contributed by atoms with van der Waals surface area (Å²) in [6.07, 6.45) is 5.46. The SMILES string of the molecule is Cl.c1cc(N2CCCCC2)ncc1-c1noc([C@H]2CNCCO2)n1. The van der Waals surface area contributed by atoms with Crippen molar-refractivity contribution in [2.45, 2.75) is 25.4 Å². The van der Waals surface area contributed by atoms with Crippen LogP contribution in [0.25, 0.3) is 11.4 Å². The van der Waals surface area contributed by atoms with E-state index >= 15 is 0 Å². The molecule has 2 aliphatic heterocycles. The van der Waals surface area contributed by atoms with Gasteiger partial charge in [0.25, 0.3) is 5.89 Å². The molecule has 24 heavy (non-hydrogen) atoms. The molecule has 2 fully saturated rings. The van der Waals surface area contributed by atoms with E-state index in [1.165, 1.54) is 19.3 Å². The number of hydrogen-bond donors (Lipinski definition) is 1. The molecule has 8 heteroatoms. The van der Waals surface area contributed by atoms with Crippen LogP contribution in [-0.4, -0.2) is 47.9 Å². The molecule has 0 aromatic carbocycles. The molecule has 1 N–H and O–H groups in total. The Morgan fingerprint density at radius 2 is 2.04 bits per heavy atom. The molecule has 4 heterocycles. The van der Waals surface area contributed by atoms with Gasteiger partial charge in [0.15, 0.2) is 0 Å². The summed E-state index contributed by atoms with van der Waals surface area (Å²) in [5.41, 5.74) is 0.865. The van der Waals surface area contributed by atoms with Gasteiger partial charge in [0, 0.05) is 37.9 Å². The van der Waals surface area contributed by atoms with Gasteiger partial charge < -0.3 is 19.5 Å². The average molecular weight is 352 g/mol. The Kier molecular flexibility index (Phi) is 5.65. The highest BCUT2D eigenvalue weighted by Crippen LogP contribution is 2.23. The number of pyridine rings is 1. The van der Waals surface area contributed by atoms with Crippen molar-refractivity contribution in [2.24, 2.45) is 0 Å². The molecule has 2 aliphatic rings. The van der Waals surface area contributed by atoms with Gasteiger partial charge in [-0.15, -0.1) is 12.4 Å². The van der Waals surface area contributed by atoms with Crippen LogP contribution in [0.2, 0.25) is 0 Å². The molecular formula is C16H22ClN5O2. The number of halogens is 1. The van der Waals surface area contributed by atoms with Gasteiger partial charge in [-0.25, -0.2) is 4.98 Å². The number of piperidine rings is 1. The smallest absolute Gasteiger partial charge is 0.257 e. The van der Waals surface area contributed by atoms with Crippen molar-refractivity contribution in [3.05, 3.63) is 24.2 Å². The molecule has 2 aromatic heterocycles. The molecule has 0 unspecified atom stereocenters. The third-order valence-electron chi connectivity index (χ3n) is 4.33. The van der Waals surface area contributed by atoms with Crippen LogP contribution in [0.5, 0.6) is 0 Å². The van der Waals surface area contributed by atoms with E-state index in [1.54, 1.807) is 0 Å². The Morgan fingerprint density at radius 1 is 1.17 bits per heavy atom. The first-order valence-electron chi connectivity index (χ1n) is 8.27. The van der Waals surface area contributed by atoms with E-state index in [-0.39, 0.29) is 18.5 Å². The third-order valence-corrected chi connectivity index (χ3v) is 4.33. The molecule has 0 radical (unpaired) electrons. The van der Waals surface area contributed by atoms with E-state index in [0.717, 1.165) is 31.0 Å². The summed E-state index contributed by atoms with van der Waals surface area (Å²) in [6, 6.07) is 4.04. The topological polar surface area (TPSA) is 76.3 Å². The minimum absolute atomic E-state index is 0. The summed E-state index contributed by atoms with van der Waals surface area (Å²) in [5, 5.41) is 7.31. The summed E-state index contributed by atoms with van der Waals surface area (Å²) in [5.74, 6) is 2.11. The lowest BCUT2D eigenvalue weighted by atomic mass is 10.1. The highest BCUT2D eigenvalue weighted by Gasteiger charge is 2.22. The van der Waals surface area contributed by atoms with E-state index in [2.05, 4.69) is 25.3 Å². The summed E-state index contributed by atoms with van der Waals surface area (Å²) in [6.45, 7) is 4.40. The van der Waals surface area contributed by atoms with Crippen molar-refractivity contribution in [3.63, 3.8) is 0 Å². The first kappa shape index (κ1) is 17.1. The highest BCUT2D eigenvalue weighted by atomic mass is 35.5. The number of morpholine rings is 1. The fourth-order valence-electron chi connectivity index (χ4n) is 3.04. The standard InChI is InChI=1S/C16H21N5O2.ClH/c1-2-7-21(8-3-1)14-5-4-12(10-18-14)15-19-16(23-20-15)13-11-17-6-9-22-13;/h4-5,10,13,17H,1-3,6-9,11H2;1H/t13-;/m1./s1. The molecule has 0 bridgehead atoms. The summed E-state index contributed by atoms with van der Waals surface area (Å²) >= 11 is 0. The fraction of sp³-hybridized carbons (Fsp3) is 0.562. The number of rotatable bonds is 3. The van der Waals surface area contributed by atoms with Crippen molar-refractivity contribution in [1.29, 1.82) is 0 Å². The zero-order chi connectivity index (χ0) is 15.5. The lowest BCUT2D eigenvalue weighted by Crippen LogP contribution is -2.33. The van der Waals surface area contributed by atoms with Crippen LogP contribution in [0.4, 0.5) is 5.82 Å². The minimum atomic E-state index is -0.161. The van der Waals surface area contributed by atoms with E-state index in [9.17, 15) is 0 Å². The van der Waals surface area contributed by atoms with E-state index in [4.69, 9.17) is 9.26 Å². The third kappa shape index (κ3) is 3.68. The van der Waals surface area contributed by atoms with Crippen LogP contribution in [0.15, 0.2) is 22.9 Å². The van der Waals surface area contributed by atoms with Crippen LogP contribution < -0.4 is 10.2 Å². The van der Waals surface area contributed by atoms with Crippen LogP contribution in [-0.2, 0) is 4.74 Å². The first-order valence-corrected chi connectivity index (χ1v) is 8.27. The van der Waals surface area contributed by atoms with Crippen LogP contribution >= 0.6 is 12.4 Å². The van der Waals surface area contributed by atoms with Gasteiger partial charge in [-0.05, 0) is 31.4 Å². The van der Waals surface area contributed by atoms with E-state index in [0.29, 0.717) is 24.9 Å². The molecule has 4 rings (SSSR count). The monoisotopic (exact) mass is 351 g/mol. The Morgan fingerprint density at radius 3 is 2.75 bits per heavy atom. The maximum atomic E-state index is 5.63. The van der Waals surface area contributed by atoms with Crippen molar-refractivity contribution in [1.82, 2.24) is 20.4 Å². The van der Waals surface area contributed by atoms with Crippen LogP contribution in [0.3, 0.4) is 0 Å². The molecule has 0 spiro atoms. The normalized spacial score (nSPS) is 21.3. The summed E-state index contributed by atoms with van der Waals surface area (Å²) < 4.78 is 11.0. The maximum Gasteiger partial charge on any atom is 0.257 e. The zero-order valence-corrected chi connectivity index (χ0v) is 14.3. The number of anilines is 1. The molecular weight excluding hydrogens is 330 g/mol. The maximum absolute atomic E-state index is 5.63. The molecule has 130 valence electrons. The number of aromatic nitrogens is 3. The van der Waals surface area contributed by atoms with Crippen molar-refractivity contribution in [2.75, 3.05) is 37.7 Å². The number of hydrogen-bond acceptors (Lipinski definition) is 7. The molecule has 2 aromatic rings. The molecule has 0 aliphatic carbocycles. The lowest BCUT2D eigenvalue weighted by Gasteiger charge is -2.27. The minimum Gasteiger partial charge on any atom is -0.366 e. The molecule has 1 atom stereocenters. The van der Waals surface area contributed by atoms with Crippen molar-refractivity contribution >= 4 is 18.2 Å². The molecule has 7 nitrogen and oxygen atoms in total. The lowest BCUT2D eigenvalue weighted by molar-refractivity contribution is 0.00755. The highest BCUT2D eigenvalue weighted by molar-refractivity contribution is 5.85. The summed E-state index contributed by atoms with van der Waals surface area (Å²) in [4.78, 5) is 11.3. The fourth-order valence-corrected chi connectivity index (χ4v) is 3.04. The van der Waals surface area contributed by atoms with Gasteiger partial charge >= 0.3 is 0 Å². The Bertz CT molecular complexity index is 636. The average Bonchev–Trinajstić information content (AvgIpc) is 3.14. The second-order valence-corrected chi connectivity index (χ2v) is 5.97. The number of nitrogens with zero attached hydrogens (tertiary/aromatic N) is 4. The van der Waals surface area contributed by atoms with Crippen LogP contribution in [0.1, 0.15) is 31.3 Å². The first-order chi connectivity index (χ1) is 11.4. The molecule has 0 saturated carbocycles. The Balaban J connectivity index is 0.00000169. The molecule has 2 saturated heterocycles. The Labute approximate surface area is 147 Å². The van der Waals surface area contributed by atoms with E-state index < -0.39 is 0 Å². The van der Waals surface area contributed by atoms with Gasteiger partial charge in [-0.3, -0.25) is 0 Å². The van der Waals surface area contributed by atoms with Gasteiger partial charge in [-0.1, -0.05) is 5.16 Å². The van der Waals surface area contributed by atoms with Crippen molar-refractivity contribution in [3.8, 4) is 11.4 Å². The molecule has 0 amide bonds. The van der Waals surface area contributed by atoms with Gasteiger partial charge in [0.2, 0.25) is 5.82 Å².